The van der Waals surface area contributed by atoms with Crippen LogP contribution in [-0.2, 0) is 6.42 Å². The molecule has 2 unspecified atom stereocenters. The second-order valence-electron chi connectivity index (χ2n) is 6.69. The van der Waals surface area contributed by atoms with Crippen LogP contribution in [0.25, 0.3) is 0 Å². The fourth-order valence-electron chi connectivity index (χ4n) is 3.90. The van der Waals surface area contributed by atoms with Gasteiger partial charge in [0.1, 0.15) is 0 Å². The number of fused-ring (bicyclic) bond motifs is 2. The van der Waals surface area contributed by atoms with E-state index in [9.17, 15) is 0 Å². The van der Waals surface area contributed by atoms with Gasteiger partial charge in [0.25, 0.3) is 0 Å². The molecule has 2 nitrogen and oxygen atoms in total. The van der Waals surface area contributed by atoms with Gasteiger partial charge in [-0.3, -0.25) is 0 Å². The Hall–Kier alpha value is -0.860. The molecule has 0 amide bonds. The highest BCUT2D eigenvalue weighted by atomic mass is 15.2. The Morgan fingerprint density at radius 3 is 2.45 bits per heavy atom. The maximum Gasteiger partial charge on any atom is 0.0122 e. The van der Waals surface area contributed by atoms with Crippen LogP contribution in [0.15, 0.2) is 30.3 Å². The second kappa shape index (κ2) is 6.73. The molecule has 20 heavy (non-hydrogen) atoms. The number of hydrogen-bond donors (Lipinski definition) is 1. The van der Waals surface area contributed by atoms with E-state index in [0.29, 0.717) is 0 Å². The van der Waals surface area contributed by atoms with Gasteiger partial charge in [-0.25, -0.2) is 0 Å². The Labute approximate surface area is 123 Å². The third-order valence-electron chi connectivity index (χ3n) is 5.14. The van der Waals surface area contributed by atoms with E-state index in [2.05, 4.69) is 47.6 Å². The predicted molar refractivity (Wildman–Crippen MR) is 85.0 cm³/mol. The van der Waals surface area contributed by atoms with Crippen LogP contribution >= 0.6 is 0 Å². The van der Waals surface area contributed by atoms with Crippen molar-refractivity contribution in [2.24, 2.45) is 0 Å². The molecule has 0 aliphatic carbocycles. The first-order valence-electron chi connectivity index (χ1n) is 8.31. The summed E-state index contributed by atoms with van der Waals surface area (Å²) in [5.74, 6) is 0. The highest BCUT2D eigenvalue weighted by molar-refractivity contribution is 5.14. The molecule has 3 rings (SSSR count). The van der Waals surface area contributed by atoms with E-state index in [4.69, 9.17) is 0 Å². The maximum atomic E-state index is 3.74. The lowest BCUT2D eigenvalue weighted by molar-refractivity contribution is 0.170. The fourth-order valence-corrected chi connectivity index (χ4v) is 3.90. The van der Waals surface area contributed by atoms with E-state index in [1.165, 1.54) is 57.1 Å². The smallest absolute Gasteiger partial charge is 0.0122 e. The van der Waals surface area contributed by atoms with E-state index in [-0.39, 0.29) is 0 Å². The van der Waals surface area contributed by atoms with Gasteiger partial charge >= 0.3 is 0 Å². The number of nitrogens with zero attached hydrogens (tertiary/aromatic N) is 1. The summed E-state index contributed by atoms with van der Waals surface area (Å²) in [6.07, 6.45) is 9.41. The summed E-state index contributed by atoms with van der Waals surface area (Å²) >= 11 is 0. The van der Waals surface area contributed by atoms with Crippen LogP contribution in [0.4, 0.5) is 0 Å². The minimum Gasteiger partial charge on any atom is -0.311 e. The van der Waals surface area contributed by atoms with Crippen molar-refractivity contribution in [3.8, 4) is 0 Å². The number of nitrogens with one attached hydrogen (secondary N) is 1. The summed E-state index contributed by atoms with van der Waals surface area (Å²) in [7, 11) is 2.33. The largest absolute Gasteiger partial charge is 0.311 e. The van der Waals surface area contributed by atoms with Gasteiger partial charge in [-0.15, -0.1) is 0 Å². The quantitative estimate of drug-likeness (QED) is 0.800. The first-order valence-corrected chi connectivity index (χ1v) is 8.31. The summed E-state index contributed by atoms with van der Waals surface area (Å²) in [6, 6.07) is 13.3. The van der Waals surface area contributed by atoms with Crippen molar-refractivity contribution in [2.45, 2.75) is 63.1 Å². The third-order valence-corrected chi connectivity index (χ3v) is 5.14. The lowest BCUT2D eigenvalue weighted by atomic mass is 9.98. The maximum absolute atomic E-state index is 3.74. The average molecular weight is 272 g/mol. The average Bonchev–Trinajstić information content (AvgIpc) is 2.83. The number of aryl methyl sites for hydroxylation is 1. The minimum atomic E-state index is 0.811. The lowest BCUT2D eigenvalue weighted by Crippen LogP contribution is -2.47. The number of hydrogen-bond acceptors (Lipinski definition) is 2. The molecule has 0 radical (unpaired) electrons. The number of benzene rings is 1. The molecule has 2 heterocycles. The molecule has 1 aromatic carbocycles. The molecule has 0 aromatic heterocycles. The predicted octanol–water partition coefficient (Wildman–Crippen LogP) is 3.22. The first kappa shape index (κ1) is 14.1. The highest BCUT2D eigenvalue weighted by Crippen LogP contribution is 2.29. The van der Waals surface area contributed by atoms with Gasteiger partial charge in [-0.05, 0) is 64.1 Å². The van der Waals surface area contributed by atoms with Crippen LogP contribution in [-0.4, -0.2) is 36.6 Å². The van der Waals surface area contributed by atoms with Gasteiger partial charge in [-0.1, -0.05) is 30.3 Å². The Bertz CT molecular complexity index is 391. The van der Waals surface area contributed by atoms with E-state index in [1.807, 2.05) is 0 Å². The topological polar surface area (TPSA) is 15.3 Å². The SMILES string of the molecule is CN(CCCCc1ccccc1)C1CC2CCC(C1)N2. The molecule has 2 fully saturated rings. The highest BCUT2D eigenvalue weighted by Gasteiger charge is 2.34. The number of rotatable bonds is 6. The van der Waals surface area contributed by atoms with Crippen LogP contribution < -0.4 is 5.32 Å². The van der Waals surface area contributed by atoms with Gasteiger partial charge in [0.05, 0.1) is 0 Å². The minimum absolute atomic E-state index is 0.811. The van der Waals surface area contributed by atoms with Gasteiger partial charge in [0.2, 0.25) is 0 Å². The second-order valence-corrected chi connectivity index (χ2v) is 6.69. The molecule has 0 saturated carbocycles. The molecule has 2 atom stereocenters. The summed E-state index contributed by atoms with van der Waals surface area (Å²) in [5, 5.41) is 3.74. The molecule has 2 bridgehead atoms. The van der Waals surface area contributed by atoms with Crippen molar-refractivity contribution in [2.75, 3.05) is 13.6 Å². The molecule has 0 spiro atoms. The van der Waals surface area contributed by atoms with Gasteiger partial charge in [0, 0.05) is 18.1 Å². The Kier molecular flexibility index (Phi) is 4.74. The van der Waals surface area contributed by atoms with Gasteiger partial charge in [0.15, 0.2) is 0 Å². The molecular formula is C18H28N2. The molecule has 2 saturated heterocycles. The van der Waals surface area contributed by atoms with Crippen LogP contribution in [0.3, 0.4) is 0 Å². The van der Waals surface area contributed by atoms with Gasteiger partial charge < -0.3 is 10.2 Å². The molecule has 2 aliphatic heterocycles. The van der Waals surface area contributed by atoms with Gasteiger partial charge in [-0.2, -0.15) is 0 Å². The number of piperidine rings is 1. The Balaban J connectivity index is 1.36. The fraction of sp³-hybridized carbons (Fsp3) is 0.667. The van der Waals surface area contributed by atoms with E-state index >= 15 is 0 Å². The van der Waals surface area contributed by atoms with Crippen LogP contribution in [0.1, 0.15) is 44.1 Å². The standard InChI is InChI=1S/C18H28N2/c1-20(18-13-16-10-11-17(14-18)19-16)12-6-5-9-15-7-3-2-4-8-15/h2-4,7-8,16-19H,5-6,9-14H2,1H3. The van der Waals surface area contributed by atoms with E-state index in [1.54, 1.807) is 0 Å². The zero-order valence-electron chi connectivity index (χ0n) is 12.7. The molecule has 2 aliphatic rings. The molecule has 1 N–H and O–H groups in total. The first-order chi connectivity index (χ1) is 9.81. The molecule has 2 heteroatoms. The van der Waals surface area contributed by atoms with Crippen molar-refractivity contribution >= 4 is 0 Å². The lowest BCUT2D eigenvalue weighted by Gasteiger charge is -2.35. The van der Waals surface area contributed by atoms with E-state index in [0.717, 1.165) is 18.1 Å². The van der Waals surface area contributed by atoms with Crippen molar-refractivity contribution in [3.63, 3.8) is 0 Å². The van der Waals surface area contributed by atoms with Crippen LogP contribution in [0.5, 0.6) is 0 Å². The summed E-state index contributed by atoms with van der Waals surface area (Å²) in [4.78, 5) is 2.62. The number of unbranched alkanes of at least 4 members (excludes halogenated alkanes) is 1. The Morgan fingerprint density at radius 1 is 1.05 bits per heavy atom. The molecular weight excluding hydrogens is 244 g/mol. The van der Waals surface area contributed by atoms with Crippen molar-refractivity contribution in [1.29, 1.82) is 0 Å². The van der Waals surface area contributed by atoms with Crippen molar-refractivity contribution in [3.05, 3.63) is 35.9 Å². The summed E-state index contributed by atoms with van der Waals surface area (Å²) in [6.45, 7) is 1.26. The molecule has 110 valence electrons. The summed E-state index contributed by atoms with van der Waals surface area (Å²) < 4.78 is 0. The van der Waals surface area contributed by atoms with E-state index < -0.39 is 0 Å². The zero-order chi connectivity index (χ0) is 13.8. The van der Waals surface area contributed by atoms with Crippen LogP contribution in [0, 0.1) is 0 Å². The third kappa shape index (κ3) is 3.62. The Morgan fingerprint density at radius 2 is 1.75 bits per heavy atom. The van der Waals surface area contributed by atoms with Crippen LogP contribution in [0.2, 0.25) is 0 Å². The monoisotopic (exact) mass is 272 g/mol. The summed E-state index contributed by atoms with van der Waals surface area (Å²) in [5.41, 5.74) is 1.48. The molecule has 1 aromatic rings. The normalized spacial score (nSPS) is 29.0. The zero-order valence-corrected chi connectivity index (χ0v) is 12.7. The van der Waals surface area contributed by atoms with Crippen molar-refractivity contribution in [1.82, 2.24) is 10.2 Å². The van der Waals surface area contributed by atoms with Crippen molar-refractivity contribution < 1.29 is 0 Å².